The largest absolute Gasteiger partial charge is 0.497 e. The maximum absolute atomic E-state index is 12.6. The molecule has 0 saturated heterocycles. The molecule has 2 aromatic carbocycles. The van der Waals surface area contributed by atoms with E-state index in [9.17, 15) is 9.59 Å². The van der Waals surface area contributed by atoms with Crippen LogP contribution in [0.15, 0.2) is 39.5 Å². The van der Waals surface area contributed by atoms with Gasteiger partial charge in [-0.05, 0) is 57.0 Å². The number of hydrogen-bond acceptors (Lipinski definition) is 6. The fraction of sp³-hybridized carbons (Fsp3) is 0.385. The van der Waals surface area contributed by atoms with E-state index in [1.807, 2.05) is 45.0 Å². The van der Waals surface area contributed by atoms with Crippen molar-refractivity contribution in [2.45, 2.75) is 52.7 Å². The van der Waals surface area contributed by atoms with Crippen molar-refractivity contribution in [1.82, 2.24) is 5.32 Å². The Labute approximate surface area is 192 Å². The quantitative estimate of drug-likeness (QED) is 0.520. The Bertz CT molecular complexity index is 1250. The summed E-state index contributed by atoms with van der Waals surface area (Å²) in [6, 6.07) is 9.32. The van der Waals surface area contributed by atoms with E-state index in [1.165, 1.54) is 0 Å². The molecule has 1 amide bonds. The van der Waals surface area contributed by atoms with Gasteiger partial charge >= 0.3 is 5.63 Å². The van der Waals surface area contributed by atoms with E-state index in [0.717, 1.165) is 40.0 Å². The molecular weight excluding hydrogens is 422 g/mol. The lowest BCUT2D eigenvalue weighted by Gasteiger charge is -2.13. The minimum absolute atomic E-state index is 0.136. The van der Waals surface area contributed by atoms with Crippen molar-refractivity contribution in [2.75, 3.05) is 13.7 Å². The molecular formula is C26H29NO6. The molecule has 1 aliphatic rings. The third kappa shape index (κ3) is 4.82. The Morgan fingerprint density at radius 1 is 1.24 bits per heavy atom. The second-order valence-electron chi connectivity index (χ2n) is 8.27. The summed E-state index contributed by atoms with van der Waals surface area (Å²) in [7, 11) is 1.56. The Hall–Kier alpha value is -3.48. The van der Waals surface area contributed by atoms with Crippen molar-refractivity contribution in [3.05, 3.63) is 63.0 Å². The van der Waals surface area contributed by atoms with Gasteiger partial charge in [0.15, 0.2) is 0 Å². The lowest BCUT2D eigenvalue weighted by molar-refractivity contribution is -0.121. The van der Waals surface area contributed by atoms with Crippen LogP contribution in [-0.4, -0.2) is 25.7 Å². The highest BCUT2D eigenvalue weighted by molar-refractivity contribution is 5.82. The van der Waals surface area contributed by atoms with Crippen LogP contribution in [0.25, 0.3) is 11.0 Å². The van der Waals surface area contributed by atoms with Gasteiger partial charge in [0.05, 0.1) is 13.7 Å². The van der Waals surface area contributed by atoms with Crippen molar-refractivity contribution >= 4 is 16.9 Å². The van der Waals surface area contributed by atoms with Crippen molar-refractivity contribution in [3.8, 4) is 17.2 Å². The Morgan fingerprint density at radius 2 is 2.06 bits per heavy atom. The second-order valence-corrected chi connectivity index (χ2v) is 8.27. The molecule has 174 valence electrons. The van der Waals surface area contributed by atoms with Crippen molar-refractivity contribution < 1.29 is 23.4 Å². The van der Waals surface area contributed by atoms with Gasteiger partial charge in [-0.15, -0.1) is 0 Å². The Morgan fingerprint density at radius 3 is 2.82 bits per heavy atom. The molecule has 0 radical (unpaired) electrons. The van der Waals surface area contributed by atoms with Crippen molar-refractivity contribution in [2.24, 2.45) is 0 Å². The summed E-state index contributed by atoms with van der Waals surface area (Å²) >= 11 is 0. The average Bonchev–Trinajstić information content (AvgIpc) is 3.15. The van der Waals surface area contributed by atoms with Crippen LogP contribution in [0.4, 0.5) is 0 Å². The minimum atomic E-state index is -0.426. The summed E-state index contributed by atoms with van der Waals surface area (Å²) in [5.41, 5.74) is 3.37. The summed E-state index contributed by atoms with van der Waals surface area (Å²) in [6.45, 7) is 6.70. The zero-order valence-electron chi connectivity index (χ0n) is 19.4. The number of hydrogen-bond donors (Lipinski definition) is 1. The SMILES string of the molecule is CCOc1cc2c(cc1CNC(=O)CCc1c(C)c3ccc(OC)cc3oc1=O)O[C@@H](C)C2. The molecule has 1 aromatic heterocycles. The first-order chi connectivity index (χ1) is 15.9. The molecule has 7 heteroatoms. The van der Waals surface area contributed by atoms with Gasteiger partial charge in [0, 0.05) is 47.5 Å². The molecule has 1 atom stereocenters. The van der Waals surface area contributed by atoms with Gasteiger partial charge in [-0.3, -0.25) is 4.79 Å². The molecule has 0 fully saturated rings. The molecule has 0 saturated carbocycles. The number of ether oxygens (including phenoxy) is 3. The number of carbonyl (C=O) groups is 1. The zero-order chi connectivity index (χ0) is 23.5. The fourth-order valence-electron chi connectivity index (χ4n) is 4.22. The Balaban J connectivity index is 1.44. The Kier molecular flexibility index (Phi) is 6.58. The van der Waals surface area contributed by atoms with Crippen LogP contribution in [0.2, 0.25) is 0 Å². The van der Waals surface area contributed by atoms with E-state index in [0.29, 0.717) is 36.5 Å². The predicted molar refractivity (Wildman–Crippen MR) is 125 cm³/mol. The number of fused-ring (bicyclic) bond motifs is 2. The van der Waals surface area contributed by atoms with Crippen LogP contribution < -0.4 is 25.2 Å². The molecule has 2 heterocycles. The number of aryl methyl sites for hydroxylation is 1. The molecule has 33 heavy (non-hydrogen) atoms. The minimum Gasteiger partial charge on any atom is -0.497 e. The van der Waals surface area contributed by atoms with Gasteiger partial charge in [0.25, 0.3) is 0 Å². The maximum Gasteiger partial charge on any atom is 0.339 e. The number of methoxy groups -OCH3 is 1. The second kappa shape index (κ2) is 9.57. The molecule has 1 N–H and O–H groups in total. The molecule has 4 rings (SSSR count). The number of benzene rings is 2. The van der Waals surface area contributed by atoms with Crippen LogP contribution in [0, 0.1) is 6.92 Å². The van der Waals surface area contributed by atoms with E-state index in [4.69, 9.17) is 18.6 Å². The summed E-state index contributed by atoms with van der Waals surface area (Å²) in [6.07, 6.45) is 1.46. The van der Waals surface area contributed by atoms with Crippen LogP contribution in [0.3, 0.4) is 0 Å². The first-order valence-electron chi connectivity index (χ1n) is 11.2. The highest BCUT2D eigenvalue weighted by Gasteiger charge is 2.22. The summed E-state index contributed by atoms with van der Waals surface area (Å²) in [5, 5.41) is 3.77. The van der Waals surface area contributed by atoms with Gasteiger partial charge in [0.2, 0.25) is 5.91 Å². The first kappa shape index (κ1) is 22.7. The van der Waals surface area contributed by atoms with E-state index in [2.05, 4.69) is 5.32 Å². The third-order valence-electron chi connectivity index (χ3n) is 5.95. The molecule has 0 bridgehead atoms. The maximum atomic E-state index is 12.6. The molecule has 0 unspecified atom stereocenters. The average molecular weight is 452 g/mol. The smallest absolute Gasteiger partial charge is 0.339 e. The van der Waals surface area contributed by atoms with E-state index >= 15 is 0 Å². The van der Waals surface area contributed by atoms with E-state index < -0.39 is 5.63 Å². The standard InChI is InChI=1S/C26H29NO6/c1-5-31-22-11-17-10-15(2)32-23(17)12-18(22)14-27-25(28)9-8-21-16(3)20-7-6-19(30-4)13-24(20)33-26(21)29/h6-7,11-13,15H,5,8-10,14H2,1-4H3,(H,27,28)/t15-/m0/s1. The van der Waals surface area contributed by atoms with Crippen LogP contribution in [0.1, 0.15) is 42.5 Å². The highest BCUT2D eigenvalue weighted by Crippen LogP contribution is 2.35. The van der Waals surface area contributed by atoms with Gasteiger partial charge in [-0.2, -0.15) is 0 Å². The molecule has 7 nitrogen and oxygen atoms in total. The lowest BCUT2D eigenvalue weighted by Crippen LogP contribution is -2.24. The van der Waals surface area contributed by atoms with Gasteiger partial charge < -0.3 is 23.9 Å². The summed E-state index contributed by atoms with van der Waals surface area (Å²) in [5.74, 6) is 2.07. The first-order valence-corrected chi connectivity index (χ1v) is 11.2. The van der Waals surface area contributed by atoms with Gasteiger partial charge in [0.1, 0.15) is 28.9 Å². The van der Waals surface area contributed by atoms with Crippen molar-refractivity contribution in [3.63, 3.8) is 0 Å². The third-order valence-corrected chi connectivity index (χ3v) is 5.95. The van der Waals surface area contributed by atoms with Crippen LogP contribution in [-0.2, 0) is 24.2 Å². The normalized spacial score (nSPS) is 14.6. The van der Waals surface area contributed by atoms with Gasteiger partial charge in [-0.25, -0.2) is 4.79 Å². The van der Waals surface area contributed by atoms with Crippen molar-refractivity contribution in [1.29, 1.82) is 0 Å². The van der Waals surface area contributed by atoms with Crippen LogP contribution >= 0.6 is 0 Å². The molecule has 3 aromatic rings. The lowest BCUT2D eigenvalue weighted by atomic mass is 10.0. The zero-order valence-corrected chi connectivity index (χ0v) is 19.4. The topological polar surface area (TPSA) is 87.0 Å². The van der Waals surface area contributed by atoms with E-state index in [-0.39, 0.29) is 18.4 Å². The van der Waals surface area contributed by atoms with E-state index in [1.54, 1.807) is 13.2 Å². The number of amides is 1. The molecule has 0 spiro atoms. The molecule has 0 aliphatic carbocycles. The summed E-state index contributed by atoms with van der Waals surface area (Å²) in [4.78, 5) is 25.1. The molecule has 1 aliphatic heterocycles. The summed E-state index contributed by atoms with van der Waals surface area (Å²) < 4.78 is 22.3. The fourth-order valence-corrected chi connectivity index (χ4v) is 4.22. The van der Waals surface area contributed by atoms with Gasteiger partial charge in [-0.1, -0.05) is 0 Å². The predicted octanol–water partition coefficient (Wildman–Crippen LogP) is 4.08. The monoisotopic (exact) mass is 451 g/mol. The van der Waals surface area contributed by atoms with Crippen LogP contribution in [0.5, 0.6) is 17.2 Å². The number of nitrogens with one attached hydrogen (secondary N) is 1. The highest BCUT2D eigenvalue weighted by atomic mass is 16.5. The number of carbonyl (C=O) groups excluding carboxylic acids is 1. The number of rotatable bonds is 8.